The van der Waals surface area contributed by atoms with E-state index >= 15 is 0 Å². The first-order valence-electron chi connectivity index (χ1n) is 6.49. The lowest BCUT2D eigenvalue weighted by Gasteiger charge is -2.69. The molecule has 4 heterocycles. The van der Waals surface area contributed by atoms with Gasteiger partial charge < -0.3 is 41.0 Å². The van der Waals surface area contributed by atoms with Gasteiger partial charge in [0.25, 0.3) is 0 Å². The highest BCUT2D eigenvalue weighted by Crippen LogP contribution is 2.58. The van der Waals surface area contributed by atoms with E-state index in [-0.39, 0.29) is 12.4 Å². The van der Waals surface area contributed by atoms with Crippen molar-refractivity contribution >= 4 is 5.96 Å². The van der Waals surface area contributed by atoms with Crippen molar-refractivity contribution < 1.29 is 29.9 Å². The fourth-order valence-corrected chi connectivity index (χ4v) is 4.10. The van der Waals surface area contributed by atoms with E-state index in [1.165, 1.54) is 6.92 Å². The van der Waals surface area contributed by atoms with Gasteiger partial charge in [-0.1, -0.05) is 0 Å². The molecule has 8 atom stereocenters. The first-order chi connectivity index (χ1) is 9.21. The SMILES string of the molecule is C[C@@]1(O)[C@@H]2C[C@@]34NC(N)=N[C@H](O)C3[C@H]1O[C@@](O)(O2)[C@H]4O. The monoisotopic (exact) mass is 287 g/mol. The number of guanidine groups is 1. The number of hydrogen-bond donors (Lipinski definition) is 6. The second kappa shape index (κ2) is 3.26. The van der Waals surface area contributed by atoms with Gasteiger partial charge in [-0.3, -0.25) is 0 Å². The largest absolute Gasteiger partial charge is 0.385 e. The summed E-state index contributed by atoms with van der Waals surface area (Å²) in [6.45, 7) is 1.51. The van der Waals surface area contributed by atoms with Gasteiger partial charge in [-0.05, 0) is 6.92 Å². The predicted molar refractivity (Wildman–Crippen MR) is 62.9 cm³/mol. The molecule has 0 amide bonds. The molecule has 7 N–H and O–H groups in total. The predicted octanol–water partition coefficient (Wildman–Crippen LogP) is -3.46. The van der Waals surface area contributed by atoms with Crippen LogP contribution in [-0.2, 0) is 9.47 Å². The highest BCUT2D eigenvalue weighted by molar-refractivity contribution is 5.80. The Morgan fingerprint density at radius 2 is 2.05 bits per heavy atom. The normalized spacial score (nSPS) is 63.6. The van der Waals surface area contributed by atoms with Crippen LogP contribution >= 0.6 is 0 Å². The molecule has 20 heavy (non-hydrogen) atoms. The Balaban J connectivity index is 1.90. The van der Waals surface area contributed by atoms with Crippen LogP contribution < -0.4 is 11.1 Å². The lowest BCUT2D eigenvalue weighted by molar-refractivity contribution is -0.532. The minimum atomic E-state index is -2.23. The molecule has 9 nitrogen and oxygen atoms in total. The van der Waals surface area contributed by atoms with E-state index in [0.29, 0.717) is 0 Å². The van der Waals surface area contributed by atoms with Gasteiger partial charge in [0.1, 0.15) is 11.7 Å². The van der Waals surface area contributed by atoms with Crippen molar-refractivity contribution in [2.75, 3.05) is 0 Å². The zero-order chi connectivity index (χ0) is 14.5. The molecule has 0 radical (unpaired) electrons. The van der Waals surface area contributed by atoms with Crippen LogP contribution in [0.4, 0.5) is 0 Å². The number of nitrogens with one attached hydrogen (secondary N) is 1. The number of aliphatic hydroxyl groups excluding tert-OH is 2. The fraction of sp³-hybridized carbons (Fsp3) is 0.909. The van der Waals surface area contributed by atoms with E-state index in [2.05, 4.69) is 10.3 Å². The molecule has 5 aliphatic rings. The van der Waals surface area contributed by atoms with Gasteiger partial charge in [0.15, 0.2) is 18.3 Å². The zero-order valence-electron chi connectivity index (χ0n) is 10.7. The topological polar surface area (TPSA) is 150 Å². The molecule has 4 bridgehead atoms. The molecule has 0 aromatic heterocycles. The van der Waals surface area contributed by atoms with E-state index in [1.54, 1.807) is 0 Å². The number of ether oxygens (including phenoxy) is 2. The van der Waals surface area contributed by atoms with Crippen LogP contribution in [0.25, 0.3) is 0 Å². The summed E-state index contributed by atoms with van der Waals surface area (Å²) < 4.78 is 10.6. The number of rotatable bonds is 0. The molecule has 4 fully saturated rings. The van der Waals surface area contributed by atoms with Crippen molar-refractivity contribution in [1.29, 1.82) is 0 Å². The van der Waals surface area contributed by atoms with Crippen LogP contribution in [0, 0.1) is 5.92 Å². The molecular formula is C11H17N3O6. The van der Waals surface area contributed by atoms with Crippen molar-refractivity contribution in [3.63, 3.8) is 0 Å². The van der Waals surface area contributed by atoms with Crippen molar-refractivity contribution in [3.05, 3.63) is 0 Å². The van der Waals surface area contributed by atoms with Crippen molar-refractivity contribution in [2.24, 2.45) is 16.6 Å². The lowest BCUT2D eigenvalue weighted by atomic mass is 9.57. The quantitative estimate of drug-likeness (QED) is 0.269. The van der Waals surface area contributed by atoms with E-state index in [4.69, 9.17) is 15.2 Å². The van der Waals surface area contributed by atoms with Crippen LogP contribution in [0.15, 0.2) is 4.99 Å². The minimum Gasteiger partial charge on any atom is -0.385 e. The molecule has 9 heteroatoms. The average Bonchev–Trinajstić information content (AvgIpc) is 2.29. The zero-order valence-corrected chi connectivity index (χ0v) is 10.7. The number of aliphatic hydroxyl groups is 4. The number of hydrogen-bond acceptors (Lipinski definition) is 9. The fourth-order valence-electron chi connectivity index (χ4n) is 4.10. The van der Waals surface area contributed by atoms with Crippen molar-refractivity contribution in [3.8, 4) is 0 Å². The molecule has 0 aromatic carbocycles. The Bertz CT molecular complexity index is 512. The van der Waals surface area contributed by atoms with E-state index in [0.717, 1.165) is 0 Å². The van der Waals surface area contributed by atoms with E-state index in [9.17, 15) is 20.4 Å². The summed E-state index contributed by atoms with van der Waals surface area (Å²) >= 11 is 0. The van der Waals surface area contributed by atoms with E-state index < -0.39 is 47.6 Å². The summed E-state index contributed by atoms with van der Waals surface area (Å²) in [7, 11) is 0. The van der Waals surface area contributed by atoms with Crippen molar-refractivity contribution in [2.45, 2.75) is 55.0 Å². The van der Waals surface area contributed by atoms with Crippen molar-refractivity contribution in [1.82, 2.24) is 5.32 Å². The van der Waals surface area contributed by atoms with Gasteiger partial charge in [-0.2, -0.15) is 0 Å². The summed E-state index contributed by atoms with van der Waals surface area (Å²) in [6.07, 6.45) is -4.24. The van der Waals surface area contributed by atoms with Crippen LogP contribution in [0.3, 0.4) is 0 Å². The Morgan fingerprint density at radius 3 is 2.75 bits per heavy atom. The summed E-state index contributed by atoms with van der Waals surface area (Å²) in [5.74, 6) is -3.00. The summed E-state index contributed by atoms with van der Waals surface area (Å²) in [5, 5.41) is 44.3. The molecule has 5 rings (SSSR count). The maximum atomic E-state index is 10.6. The van der Waals surface area contributed by atoms with Crippen LogP contribution in [-0.4, -0.2) is 68.0 Å². The van der Waals surface area contributed by atoms with Gasteiger partial charge in [0.2, 0.25) is 0 Å². The maximum Gasteiger partial charge on any atom is 0.311 e. The molecule has 4 aliphatic heterocycles. The second-order valence-corrected chi connectivity index (χ2v) is 6.23. The van der Waals surface area contributed by atoms with Gasteiger partial charge in [0, 0.05) is 6.42 Å². The number of aliphatic imine (C=N–C) groups is 1. The first-order valence-corrected chi connectivity index (χ1v) is 6.49. The second-order valence-electron chi connectivity index (χ2n) is 6.23. The van der Waals surface area contributed by atoms with E-state index in [1.807, 2.05) is 0 Å². The van der Waals surface area contributed by atoms with Crippen LogP contribution in [0.2, 0.25) is 0 Å². The summed E-state index contributed by atoms with van der Waals surface area (Å²) in [5.41, 5.74) is 3.08. The third-order valence-corrected chi connectivity index (χ3v) is 5.07. The van der Waals surface area contributed by atoms with Gasteiger partial charge in [0.05, 0.1) is 17.6 Å². The number of nitrogens with two attached hydrogens (primary N) is 1. The Morgan fingerprint density at radius 1 is 1.35 bits per heavy atom. The van der Waals surface area contributed by atoms with Crippen LogP contribution in [0.5, 0.6) is 0 Å². The molecule has 1 saturated carbocycles. The third kappa shape index (κ3) is 1.17. The smallest absolute Gasteiger partial charge is 0.311 e. The van der Waals surface area contributed by atoms with Crippen LogP contribution in [0.1, 0.15) is 13.3 Å². The molecule has 112 valence electrons. The Labute approximate surface area is 114 Å². The molecular weight excluding hydrogens is 270 g/mol. The number of nitrogens with zero attached hydrogens (tertiary/aromatic N) is 1. The van der Waals surface area contributed by atoms with Gasteiger partial charge >= 0.3 is 5.97 Å². The Kier molecular flexibility index (Phi) is 2.08. The molecule has 0 aromatic rings. The average molecular weight is 287 g/mol. The van der Waals surface area contributed by atoms with Gasteiger partial charge in [-0.15, -0.1) is 0 Å². The highest BCUT2D eigenvalue weighted by atomic mass is 16.9. The highest BCUT2D eigenvalue weighted by Gasteiger charge is 2.78. The third-order valence-electron chi connectivity index (χ3n) is 5.07. The Hall–Kier alpha value is -0.970. The molecule has 1 spiro atoms. The summed E-state index contributed by atoms with van der Waals surface area (Å²) in [4.78, 5) is 3.82. The van der Waals surface area contributed by atoms with Gasteiger partial charge in [-0.25, -0.2) is 4.99 Å². The summed E-state index contributed by atoms with van der Waals surface area (Å²) in [6, 6.07) is 0. The maximum absolute atomic E-state index is 10.6. The molecule has 1 aliphatic carbocycles. The standard InChI is InChI=1S/C11H17N3O6/c1-9(17)3-2-10-4(6(15)13-8(12)14-10)5(9)20-11(18,19-3)7(10)16/h3-7,15-18H,2H2,1H3,(H3,12,13,14)/t3-,4?,5+,6+,7-,9+,10+,11-/m0/s1. The molecule has 1 unspecified atom stereocenters. The molecule has 3 saturated heterocycles. The minimum absolute atomic E-state index is 0.0296. The first kappa shape index (κ1) is 12.7. The lowest BCUT2D eigenvalue weighted by Crippen LogP contribution is -2.90.